The number of aromatic nitrogens is 1. The van der Waals surface area contributed by atoms with Crippen molar-refractivity contribution in [3.8, 4) is 11.1 Å². The number of hydrogen-bond acceptors (Lipinski definition) is 4. The number of rotatable bonds is 9. The molecule has 4 aliphatic rings. The summed E-state index contributed by atoms with van der Waals surface area (Å²) in [7, 11) is 0. The average Bonchev–Trinajstić information content (AvgIpc) is 3.60. The van der Waals surface area contributed by atoms with Crippen molar-refractivity contribution < 1.29 is 0 Å². The molecule has 0 amide bonds. The highest BCUT2D eigenvalue weighted by atomic mass is 32.2. The predicted octanol–water partition coefficient (Wildman–Crippen LogP) is 9.90. The monoisotopic (exact) mass is 689 g/mol. The van der Waals surface area contributed by atoms with Gasteiger partial charge in [-0.25, -0.2) is 4.98 Å². The molecular weight excluding hydrogens is 651 g/mol. The van der Waals surface area contributed by atoms with E-state index in [1.807, 2.05) is 30.1 Å². The molecule has 0 radical (unpaired) electrons. The second-order valence-corrected chi connectivity index (χ2v) is 15.0. The summed E-state index contributed by atoms with van der Waals surface area (Å²) in [5.41, 5.74) is 9.92. The van der Waals surface area contributed by atoms with Crippen LogP contribution >= 0.6 is 11.8 Å². The molecule has 0 spiro atoms. The number of pyridine rings is 1. The predicted molar refractivity (Wildman–Crippen MR) is 217 cm³/mol. The zero-order valence-corrected chi connectivity index (χ0v) is 29.8. The van der Waals surface area contributed by atoms with Crippen LogP contribution in [-0.2, 0) is 0 Å². The minimum Gasteiger partial charge on any atom is -0.338 e. The van der Waals surface area contributed by atoms with E-state index in [0.29, 0.717) is 17.1 Å². The summed E-state index contributed by atoms with van der Waals surface area (Å²) in [5.74, 6) is 0.733. The first-order chi connectivity index (χ1) is 25.7. The van der Waals surface area contributed by atoms with Crippen molar-refractivity contribution in [3.63, 3.8) is 0 Å². The molecule has 0 fully saturated rings. The number of para-hydroxylation sites is 1. The van der Waals surface area contributed by atoms with Crippen molar-refractivity contribution in [2.24, 2.45) is 10.9 Å². The molecule has 4 heteroatoms. The zero-order chi connectivity index (χ0) is 34.9. The summed E-state index contributed by atoms with van der Waals surface area (Å²) < 4.78 is 0. The molecule has 52 heavy (non-hydrogen) atoms. The Morgan fingerprint density at radius 3 is 2.71 bits per heavy atom. The maximum Gasteiger partial charge on any atom is 0.120 e. The summed E-state index contributed by atoms with van der Waals surface area (Å²) in [4.78, 5) is 13.4. The van der Waals surface area contributed by atoms with Crippen LogP contribution in [0.1, 0.15) is 30.7 Å². The van der Waals surface area contributed by atoms with Crippen LogP contribution < -0.4 is 15.5 Å². The molecule has 2 aliphatic carbocycles. The lowest BCUT2D eigenvalue weighted by Crippen LogP contribution is -2.33. The van der Waals surface area contributed by atoms with Crippen LogP contribution in [0.5, 0.6) is 0 Å². The maximum absolute atomic E-state index is 4.83. The highest BCUT2D eigenvalue weighted by molar-refractivity contribution is 8.00. The third kappa shape index (κ3) is 6.27. The van der Waals surface area contributed by atoms with Crippen molar-refractivity contribution in [3.05, 3.63) is 197 Å². The third-order valence-electron chi connectivity index (χ3n) is 10.7. The molecule has 0 N–H and O–H groups in total. The Morgan fingerprint density at radius 2 is 1.83 bits per heavy atom. The molecule has 3 heterocycles. The van der Waals surface area contributed by atoms with Crippen molar-refractivity contribution >= 4 is 34.4 Å². The summed E-state index contributed by atoms with van der Waals surface area (Å²) in [5, 5.41) is 3.81. The number of anilines is 1. The molecule has 2 aliphatic heterocycles. The largest absolute Gasteiger partial charge is 0.338 e. The number of fused-ring (bicyclic) bond motifs is 5. The van der Waals surface area contributed by atoms with E-state index in [1.54, 1.807) is 0 Å². The first-order valence-electron chi connectivity index (χ1n) is 18.2. The van der Waals surface area contributed by atoms with Crippen LogP contribution in [0.3, 0.4) is 0 Å². The van der Waals surface area contributed by atoms with Crippen LogP contribution in [0.25, 0.3) is 28.1 Å². The van der Waals surface area contributed by atoms with Crippen molar-refractivity contribution in [1.82, 2.24) is 4.98 Å². The van der Waals surface area contributed by atoms with Gasteiger partial charge in [0.15, 0.2) is 0 Å². The van der Waals surface area contributed by atoms with E-state index in [1.165, 1.54) is 32.5 Å². The van der Waals surface area contributed by atoms with Gasteiger partial charge in [0.05, 0.1) is 11.4 Å². The Bertz CT molecular complexity index is 2450. The van der Waals surface area contributed by atoms with Gasteiger partial charge in [0.25, 0.3) is 0 Å². The second-order valence-electron chi connectivity index (χ2n) is 13.8. The maximum atomic E-state index is 4.83. The van der Waals surface area contributed by atoms with Gasteiger partial charge in [0.1, 0.15) is 5.52 Å². The lowest BCUT2D eigenvalue weighted by Gasteiger charge is -2.36. The minimum absolute atomic E-state index is 0.0892. The molecular formula is C48H39N3S. The smallest absolute Gasteiger partial charge is 0.120 e. The van der Waals surface area contributed by atoms with E-state index in [0.717, 1.165) is 58.9 Å². The van der Waals surface area contributed by atoms with Gasteiger partial charge in [-0.3, -0.25) is 4.99 Å². The molecule has 0 saturated carbocycles. The lowest BCUT2D eigenvalue weighted by molar-refractivity contribution is 0.713. The van der Waals surface area contributed by atoms with Crippen LogP contribution in [0, 0.1) is 18.1 Å². The number of nitrogens with zero attached hydrogens (tertiary/aromatic N) is 3. The van der Waals surface area contributed by atoms with Crippen LogP contribution in [-0.4, -0.2) is 22.8 Å². The molecule has 4 atom stereocenters. The molecule has 252 valence electrons. The van der Waals surface area contributed by atoms with E-state index in [4.69, 9.17) is 4.99 Å². The fourth-order valence-corrected chi connectivity index (χ4v) is 9.51. The van der Waals surface area contributed by atoms with Gasteiger partial charge >= 0.3 is 0 Å². The van der Waals surface area contributed by atoms with E-state index in [2.05, 4.69) is 162 Å². The Labute approximate surface area is 310 Å². The number of hydrogen-bond donors (Lipinski definition) is 0. The first-order valence-corrected chi connectivity index (χ1v) is 19.1. The summed E-state index contributed by atoms with van der Waals surface area (Å²) in [6.45, 7) is 5.14. The standard InChI is InChI=1S/C48H39N3S/c1-2-39(14-9-11-33-29-36-12-3-6-18-45(36)49-31-33)51(40-25-21-34(22-26-40)38-30-37-13-4-7-19-46(37)50-32-38)41-27-23-35(24-28-41)42-16-10-17-44-43-15-5-8-20-47(43)52-48(42)44/h2-6,8-13,15-18,20-23,25-27,29-30,32-33,39,44,48H,1,14,24,28,31H2/b11-9+/t33?,39-,44?,48?/m0/s1. The Kier molecular flexibility index (Phi) is 8.80. The van der Waals surface area contributed by atoms with Gasteiger partial charge in [0.2, 0.25) is 0 Å². The number of allylic oxidation sites excluding steroid dienone is 7. The molecule has 1 aromatic heterocycles. The normalized spacial score (nSPS) is 20.6. The molecule has 0 bridgehead atoms. The SMILES string of the molecule is C=C[C@@H](C/C=C/C1C=c2ccccc2=NC1)N(C1=CC=C(C2=CC=CC3c4ccccc4SC23)CC1)c1ccc(-c2cnc3c#cccc3c2)cc1. The molecule has 3 nitrogen and oxygen atoms in total. The molecule has 0 saturated heterocycles. The third-order valence-corrected chi connectivity index (χ3v) is 12.1. The lowest BCUT2D eigenvalue weighted by atomic mass is 9.82. The summed E-state index contributed by atoms with van der Waals surface area (Å²) >= 11 is 2.02. The number of benzene rings is 3. The highest BCUT2D eigenvalue weighted by Crippen LogP contribution is 2.52. The van der Waals surface area contributed by atoms with Crippen LogP contribution in [0.4, 0.5) is 5.69 Å². The van der Waals surface area contributed by atoms with Crippen LogP contribution in [0.15, 0.2) is 179 Å². The van der Waals surface area contributed by atoms with E-state index in [9.17, 15) is 0 Å². The van der Waals surface area contributed by atoms with Gasteiger partial charge in [-0.05, 0) is 101 Å². The number of thioether (sulfide) groups is 1. The van der Waals surface area contributed by atoms with Gasteiger partial charge in [-0.15, -0.1) is 18.3 Å². The van der Waals surface area contributed by atoms with Gasteiger partial charge in [-0.1, -0.05) is 103 Å². The Morgan fingerprint density at radius 1 is 0.942 bits per heavy atom. The van der Waals surface area contributed by atoms with Crippen molar-refractivity contribution in [2.45, 2.75) is 41.4 Å². The Hall–Kier alpha value is -5.63. The topological polar surface area (TPSA) is 28.5 Å². The quantitative estimate of drug-likeness (QED) is 0.144. The van der Waals surface area contributed by atoms with Gasteiger partial charge in [0, 0.05) is 57.1 Å². The minimum atomic E-state index is 0.0892. The van der Waals surface area contributed by atoms with E-state index >= 15 is 0 Å². The first kappa shape index (κ1) is 32.3. The fourth-order valence-electron chi connectivity index (χ4n) is 8.00. The molecule has 5 aromatic rings. The fraction of sp³-hybridized carbons (Fsp3) is 0.167. The molecule has 4 aromatic carbocycles. The Balaban J connectivity index is 1.01. The molecule has 3 unspecified atom stereocenters. The molecule has 9 rings (SSSR count). The van der Waals surface area contributed by atoms with E-state index in [-0.39, 0.29) is 6.04 Å². The van der Waals surface area contributed by atoms with Gasteiger partial charge in [-0.2, -0.15) is 0 Å². The van der Waals surface area contributed by atoms with Gasteiger partial charge < -0.3 is 4.90 Å². The average molecular weight is 690 g/mol. The second kappa shape index (κ2) is 14.2. The van der Waals surface area contributed by atoms with Crippen molar-refractivity contribution in [1.29, 1.82) is 0 Å². The summed E-state index contributed by atoms with van der Waals surface area (Å²) in [6.07, 6.45) is 25.6. The summed E-state index contributed by atoms with van der Waals surface area (Å²) in [6, 6.07) is 38.6. The van der Waals surface area contributed by atoms with Crippen LogP contribution in [0.2, 0.25) is 0 Å². The highest BCUT2D eigenvalue weighted by Gasteiger charge is 2.36. The van der Waals surface area contributed by atoms with Crippen molar-refractivity contribution in [2.75, 3.05) is 11.4 Å². The van der Waals surface area contributed by atoms with E-state index < -0.39 is 0 Å². The zero-order valence-electron chi connectivity index (χ0n) is 29.0.